The fourth-order valence-electron chi connectivity index (χ4n) is 9.28. The summed E-state index contributed by atoms with van der Waals surface area (Å²) in [5, 5.41) is 15.1. The molecule has 9 rings (SSSR count). The molecule has 4 aliphatic heterocycles. The Labute approximate surface area is 260 Å². The minimum atomic E-state index is -0.871. The van der Waals surface area contributed by atoms with Gasteiger partial charge in [-0.05, 0) is 80.7 Å². The number of phenols is 1. The number of hydrogen-bond donors (Lipinski definition) is 2. The van der Waals surface area contributed by atoms with Gasteiger partial charge in [0.05, 0.1) is 34.7 Å². The van der Waals surface area contributed by atoms with Crippen molar-refractivity contribution in [2.24, 2.45) is 0 Å². The molecule has 45 heavy (non-hydrogen) atoms. The lowest BCUT2D eigenvalue weighted by Gasteiger charge is -2.35. The largest absolute Gasteiger partial charge is 0.508 e. The first-order chi connectivity index (χ1) is 21.9. The molecule has 236 valence electrons. The summed E-state index contributed by atoms with van der Waals surface area (Å²) in [6.45, 7) is 5.24. The first-order valence-corrected chi connectivity index (χ1v) is 16.6. The Hall–Kier alpha value is -3.57. The number of aromatic hydroxyl groups is 1. The molecule has 1 aliphatic carbocycles. The summed E-state index contributed by atoms with van der Waals surface area (Å²) in [7, 11) is 0. The number of halogens is 2. The summed E-state index contributed by atoms with van der Waals surface area (Å²) in [6.07, 6.45) is 9.90. The molecule has 0 amide bonds. The highest BCUT2D eigenvalue weighted by molar-refractivity contribution is 6.04. The highest BCUT2D eigenvalue weighted by atomic mass is 19.1. The van der Waals surface area contributed by atoms with Gasteiger partial charge in [-0.2, -0.15) is 9.97 Å². The van der Waals surface area contributed by atoms with E-state index in [0.29, 0.717) is 53.0 Å². The van der Waals surface area contributed by atoms with Crippen LogP contribution in [0.4, 0.5) is 14.6 Å². The maximum Gasteiger partial charge on any atom is 0.319 e. The van der Waals surface area contributed by atoms with E-state index in [9.17, 15) is 9.50 Å². The second-order valence-electron chi connectivity index (χ2n) is 14.1. The zero-order valence-electron chi connectivity index (χ0n) is 25.6. The summed E-state index contributed by atoms with van der Waals surface area (Å²) >= 11 is 0. The number of ether oxygens (including phenoxy) is 1. The zero-order valence-corrected chi connectivity index (χ0v) is 25.6. The summed E-state index contributed by atoms with van der Waals surface area (Å²) in [6, 6.07) is 4.30. The van der Waals surface area contributed by atoms with E-state index in [1.54, 1.807) is 23.0 Å². The topological polar surface area (TPSA) is 91.1 Å². The van der Waals surface area contributed by atoms with Crippen LogP contribution in [0.25, 0.3) is 27.7 Å². The van der Waals surface area contributed by atoms with Crippen molar-refractivity contribution in [3.63, 3.8) is 0 Å². The van der Waals surface area contributed by atoms with E-state index in [1.807, 2.05) is 6.07 Å². The summed E-state index contributed by atoms with van der Waals surface area (Å²) in [5.74, 6) is 0.496. The molecular formula is C34H39F2N7O2. The first kappa shape index (κ1) is 27.7. The molecule has 2 bridgehead atoms. The highest BCUT2D eigenvalue weighted by Gasteiger charge is 2.49. The van der Waals surface area contributed by atoms with E-state index < -0.39 is 12.0 Å². The number of piperazine rings is 1. The molecule has 0 saturated carbocycles. The molecule has 4 aromatic rings. The van der Waals surface area contributed by atoms with Gasteiger partial charge in [0, 0.05) is 43.7 Å². The second-order valence-corrected chi connectivity index (χ2v) is 14.1. The maximum absolute atomic E-state index is 17.3. The highest BCUT2D eigenvalue weighted by Crippen LogP contribution is 2.45. The smallest absolute Gasteiger partial charge is 0.319 e. The molecule has 0 radical (unpaired) electrons. The normalized spacial score (nSPS) is 29.5. The van der Waals surface area contributed by atoms with E-state index in [-0.39, 0.29) is 35.3 Å². The van der Waals surface area contributed by atoms with E-state index in [4.69, 9.17) is 14.7 Å². The van der Waals surface area contributed by atoms with Crippen molar-refractivity contribution in [3.05, 3.63) is 41.6 Å². The zero-order chi connectivity index (χ0) is 30.4. The predicted molar refractivity (Wildman–Crippen MR) is 167 cm³/mol. The van der Waals surface area contributed by atoms with Crippen molar-refractivity contribution in [3.8, 4) is 23.0 Å². The van der Waals surface area contributed by atoms with Crippen LogP contribution in [0.5, 0.6) is 11.8 Å². The quantitative estimate of drug-likeness (QED) is 0.320. The van der Waals surface area contributed by atoms with Crippen molar-refractivity contribution in [2.45, 2.75) is 88.0 Å². The SMILES string of the molecule is CC1CCCc2cc(O)cc(-c3c(F)c4nc(OC[C@@]56CCCN5C[C@H](F)C6)nc(N5C[C@H]6CC[C@@H](C5)N6)c4c4cncn34)c21. The number of fused-ring (bicyclic) bond motifs is 7. The Kier molecular flexibility index (Phi) is 6.29. The van der Waals surface area contributed by atoms with Gasteiger partial charge in [-0.3, -0.25) is 9.30 Å². The minimum absolute atomic E-state index is 0.118. The van der Waals surface area contributed by atoms with Crippen molar-refractivity contribution >= 4 is 22.2 Å². The summed E-state index contributed by atoms with van der Waals surface area (Å²) in [5.41, 5.74) is 3.65. The van der Waals surface area contributed by atoms with E-state index in [1.165, 1.54) is 0 Å². The van der Waals surface area contributed by atoms with Crippen molar-refractivity contribution in [1.29, 1.82) is 0 Å². The molecule has 9 nitrogen and oxygen atoms in total. The van der Waals surface area contributed by atoms with Gasteiger partial charge < -0.3 is 20.1 Å². The van der Waals surface area contributed by atoms with Gasteiger partial charge in [0.1, 0.15) is 29.9 Å². The molecule has 4 saturated heterocycles. The predicted octanol–water partition coefficient (Wildman–Crippen LogP) is 5.12. The van der Waals surface area contributed by atoms with Gasteiger partial charge in [0.15, 0.2) is 5.82 Å². The second kappa shape index (κ2) is 10.2. The van der Waals surface area contributed by atoms with Crippen LogP contribution in [-0.2, 0) is 6.42 Å². The molecule has 1 aromatic carbocycles. The number of benzene rings is 1. The summed E-state index contributed by atoms with van der Waals surface area (Å²) < 4.78 is 40.0. The van der Waals surface area contributed by atoms with E-state index >= 15 is 4.39 Å². The molecule has 2 N–H and O–H groups in total. The number of hydrogen-bond acceptors (Lipinski definition) is 8. The summed E-state index contributed by atoms with van der Waals surface area (Å²) in [4.78, 5) is 18.7. The van der Waals surface area contributed by atoms with E-state index in [0.717, 1.165) is 75.7 Å². The number of alkyl halides is 1. The molecule has 4 fully saturated rings. The number of nitrogens with one attached hydrogen (secondary N) is 1. The van der Waals surface area contributed by atoms with Crippen molar-refractivity contribution in [1.82, 2.24) is 29.6 Å². The Morgan fingerprint density at radius 2 is 1.96 bits per heavy atom. The molecule has 7 heterocycles. The van der Waals surface area contributed by atoms with Crippen LogP contribution in [0, 0.1) is 5.82 Å². The van der Waals surface area contributed by atoms with Crippen LogP contribution in [0.15, 0.2) is 24.7 Å². The van der Waals surface area contributed by atoms with E-state index in [2.05, 4.69) is 27.0 Å². The van der Waals surface area contributed by atoms with Gasteiger partial charge in [0.2, 0.25) is 0 Å². The number of rotatable bonds is 5. The average Bonchev–Trinajstić information content (AvgIpc) is 3.79. The third-order valence-corrected chi connectivity index (χ3v) is 11.2. The third-order valence-electron chi connectivity index (χ3n) is 11.2. The van der Waals surface area contributed by atoms with Gasteiger partial charge in [-0.25, -0.2) is 13.8 Å². The number of anilines is 1. The number of pyridine rings is 1. The lowest BCUT2D eigenvalue weighted by molar-refractivity contribution is 0.107. The monoisotopic (exact) mass is 615 g/mol. The Bertz CT molecular complexity index is 1820. The number of imidazole rings is 1. The van der Waals surface area contributed by atoms with Gasteiger partial charge in [-0.15, -0.1) is 0 Å². The standard InChI is InChI=1S/C34H39F2N7O2/c1-19-4-2-5-20-10-24(44)11-25(27(19)20)31-29(36)30-28(26-13-37-18-43(26)31)32(41-15-22-6-7-23(16-41)38-22)40-33(39-30)45-17-34-8-3-9-42(34)14-21(35)12-34/h10-11,13,18-19,21-23,38,44H,2-9,12,14-17H2,1H3/t19?,21-,22-,23+,34+/m1/s1. The molecule has 3 aromatic heterocycles. The molecule has 11 heteroatoms. The van der Waals surface area contributed by atoms with Crippen LogP contribution in [0.3, 0.4) is 0 Å². The molecule has 1 unspecified atom stereocenters. The van der Waals surface area contributed by atoms with Gasteiger partial charge >= 0.3 is 6.01 Å². The number of aryl methyl sites for hydroxylation is 1. The third kappa shape index (κ3) is 4.33. The molecular weight excluding hydrogens is 576 g/mol. The van der Waals surface area contributed by atoms with Crippen LogP contribution < -0.4 is 15.0 Å². The average molecular weight is 616 g/mol. The van der Waals surface area contributed by atoms with Crippen LogP contribution in [0.2, 0.25) is 0 Å². The van der Waals surface area contributed by atoms with Crippen molar-refractivity contribution in [2.75, 3.05) is 37.7 Å². The molecule has 5 aliphatic rings. The maximum atomic E-state index is 17.3. The molecule has 5 atom stereocenters. The molecule has 0 spiro atoms. The Balaban J connectivity index is 1.24. The van der Waals surface area contributed by atoms with Crippen molar-refractivity contribution < 1.29 is 18.6 Å². The Morgan fingerprint density at radius 1 is 1.11 bits per heavy atom. The van der Waals surface area contributed by atoms with Crippen LogP contribution >= 0.6 is 0 Å². The number of phenolic OH excluding ortho intramolecular Hbond substituents is 1. The lowest BCUT2D eigenvalue weighted by atomic mass is 9.80. The van der Waals surface area contributed by atoms with Gasteiger partial charge in [-0.1, -0.05) is 6.92 Å². The minimum Gasteiger partial charge on any atom is -0.508 e. The van der Waals surface area contributed by atoms with Gasteiger partial charge in [0.25, 0.3) is 0 Å². The fraction of sp³-hybridized carbons (Fsp3) is 0.559. The fourth-order valence-corrected chi connectivity index (χ4v) is 9.28. The lowest BCUT2D eigenvalue weighted by Crippen LogP contribution is -2.51. The number of aromatic nitrogens is 4. The number of nitrogens with zero attached hydrogens (tertiary/aromatic N) is 6. The Morgan fingerprint density at radius 3 is 2.80 bits per heavy atom. The van der Waals surface area contributed by atoms with Crippen LogP contribution in [0.1, 0.15) is 68.9 Å². The van der Waals surface area contributed by atoms with Crippen LogP contribution in [-0.4, -0.2) is 85.9 Å². The first-order valence-electron chi connectivity index (χ1n) is 16.6.